The average molecular weight is 318 g/mol. The number of rotatable bonds is 5. The Bertz CT molecular complexity index is 492. The Balaban J connectivity index is 1.26. The summed E-state index contributed by atoms with van der Waals surface area (Å²) < 4.78 is 17.3. The lowest BCUT2D eigenvalue weighted by atomic mass is 9.91. The molecule has 0 saturated carbocycles. The van der Waals surface area contributed by atoms with Gasteiger partial charge in [0.1, 0.15) is 0 Å². The first kappa shape index (κ1) is 15.4. The van der Waals surface area contributed by atoms with Crippen molar-refractivity contribution < 1.29 is 14.2 Å². The Hall–Kier alpha value is -1.17. The van der Waals surface area contributed by atoms with Crippen molar-refractivity contribution in [2.45, 2.75) is 31.4 Å². The van der Waals surface area contributed by atoms with Crippen LogP contribution in [0.3, 0.4) is 0 Å². The molecule has 0 spiro atoms. The van der Waals surface area contributed by atoms with E-state index in [9.17, 15) is 0 Å². The topological polar surface area (TPSA) is 43.8 Å². The van der Waals surface area contributed by atoms with E-state index in [1.54, 1.807) is 6.20 Å². The molecule has 5 heteroatoms. The second kappa shape index (κ2) is 7.16. The summed E-state index contributed by atoms with van der Waals surface area (Å²) in [7, 11) is 0. The first-order valence-electron chi connectivity index (χ1n) is 8.87. The SMILES string of the molecule is c1ccc(OCC[C@@H]2CO[C@@H]3CN(C4CCOCC4)C[C@H]23)nc1. The fourth-order valence-electron chi connectivity index (χ4n) is 4.22. The summed E-state index contributed by atoms with van der Waals surface area (Å²) in [6.07, 6.45) is 5.60. The zero-order valence-corrected chi connectivity index (χ0v) is 13.6. The van der Waals surface area contributed by atoms with Gasteiger partial charge in [-0.1, -0.05) is 6.07 Å². The van der Waals surface area contributed by atoms with Crippen molar-refractivity contribution in [2.75, 3.05) is 39.5 Å². The van der Waals surface area contributed by atoms with E-state index in [0.717, 1.165) is 45.3 Å². The molecule has 1 aromatic rings. The van der Waals surface area contributed by atoms with Gasteiger partial charge < -0.3 is 14.2 Å². The van der Waals surface area contributed by atoms with Crippen LogP contribution in [0, 0.1) is 11.8 Å². The van der Waals surface area contributed by atoms with Crippen LogP contribution >= 0.6 is 0 Å². The van der Waals surface area contributed by atoms with Gasteiger partial charge in [0.05, 0.1) is 19.3 Å². The lowest BCUT2D eigenvalue weighted by molar-refractivity contribution is 0.0279. The van der Waals surface area contributed by atoms with Crippen molar-refractivity contribution >= 4 is 0 Å². The Kier molecular flexibility index (Phi) is 4.78. The standard InChI is InChI=1S/C18H26N2O3/c1-2-7-19-18(3-1)22-10-4-14-13-23-17-12-20(11-16(14)17)15-5-8-21-9-6-15/h1-3,7,14-17H,4-6,8-13H2/t14-,16-,17-/m1/s1. The van der Waals surface area contributed by atoms with Crippen molar-refractivity contribution in [1.82, 2.24) is 9.88 Å². The van der Waals surface area contributed by atoms with Gasteiger partial charge in [-0.05, 0) is 31.2 Å². The van der Waals surface area contributed by atoms with Crippen molar-refractivity contribution in [3.05, 3.63) is 24.4 Å². The summed E-state index contributed by atoms with van der Waals surface area (Å²) >= 11 is 0. The van der Waals surface area contributed by atoms with Crippen molar-refractivity contribution in [2.24, 2.45) is 11.8 Å². The normalized spacial score (nSPS) is 32.1. The first-order valence-corrected chi connectivity index (χ1v) is 8.87. The van der Waals surface area contributed by atoms with Gasteiger partial charge in [-0.3, -0.25) is 4.90 Å². The molecular formula is C18H26N2O3. The molecule has 23 heavy (non-hydrogen) atoms. The molecule has 0 amide bonds. The van der Waals surface area contributed by atoms with E-state index in [1.165, 1.54) is 19.4 Å². The van der Waals surface area contributed by atoms with E-state index in [2.05, 4.69) is 9.88 Å². The number of hydrogen-bond acceptors (Lipinski definition) is 5. The average Bonchev–Trinajstić information content (AvgIpc) is 3.18. The zero-order chi connectivity index (χ0) is 15.5. The lowest BCUT2D eigenvalue weighted by Crippen LogP contribution is -2.39. The molecule has 0 N–H and O–H groups in total. The van der Waals surface area contributed by atoms with E-state index < -0.39 is 0 Å². The Morgan fingerprint density at radius 3 is 2.96 bits per heavy atom. The van der Waals surface area contributed by atoms with Crippen LogP contribution in [0.2, 0.25) is 0 Å². The fraction of sp³-hybridized carbons (Fsp3) is 0.722. The molecular weight excluding hydrogens is 292 g/mol. The van der Waals surface area contributed by atoms with Gasteiger partial charge in [-0.25, -0.2) is 4.98 Å². The van der Waals surface area contributed by atoms with Gasteiger partial charge in [0.2, 0.25) is 5.88 Å². The first-order chi connectivity index (χ1) is 11.4. The summed E-state index contributed by atoms with van der Waals surface area (Å²) in [6.45, 7) is 5.74. The minimum absolute atomic E-state index is 0.428. The highest BCUT2D eigenvalue weighted by atomic mass is 16.5. The van der Waals surface area contributed by atoms with Gasteiger partial charge in [0.15, 0.2) is 0 Å². The molecule has 3 saturated heterocycles. The third kappa shape index (κ3) is 3.52. The summed E-state index contributed by atoms with van der Waals surface area (Å²) in [5.41, 5.74) is 0. The van der Waals surface area contributed by atoms with Crippen LogP contribution in [-0.4, -0.2) is 61.5 Å². The smallest absolute Gasteiger partial charge is 0.213 e. The number of pyridine rings is 1. The summed E-state index contributed by atoms with van der Waals surface area (Å²) in [6, 6.07) is 6.48. The van der Waals surface area contributed by atoms with E-state index in [0.29, 0.717) is 24.0 Å². The summed E-state index contributed by atoms with van der Waals surface area (Å²) in [4.78, 5) is 6.85. The highest BCUT2D eigenvalue weighted by molar-refractivity contribution is 5.09. The molecule has 3 fully saturated rings. The molecule has 126 valence electrons. The van der Waals surface area contributed by atoms with Gasteiger partial charge in [-0.15, -0.1) is 0 Å². The molecule has 0 aromatic carbocycles. The van der Waals surface area contributed by atoms with E-state index >= 15 is 0 Å². The molecule has 0 unspecified atom stereocenters. The number of hydrogen-bond donors (Lipinski definition) is 0. The molecule has 0 radical (unpaired) electrons. The number of nitrogens with zero attached hydrogens (tertiary/aromatic N) is 2. The predicted molar refractivity (Wildman–Crippen MR) is 86.5 cm³/mol. The molecule has 5 nitrogen and oxygen atoms in total. The second-order valence-corrected chi connectivity index (χ2v) is 6.90. The van der Waals surface area contributed by atoms with Crippen LogP contribution < -0.4 is 4.74 Å². The molecule has 3 atom stereocenters. The summed E-state index contributed by atoms with van der Waals surface area (Å²) in [5, 5.41) is 0. The molecule has 0 bridgehead atoms. The molecule has 3 aliphatic rings. The molecule has 1 aromatic heterocycles. The van der Waals surface area contributed by atoms with Crippen LogP contribution in [0.25, 0.3) is 0 Å². The number of fused-ring (bicyclic) bond motifs is 1. The van der Waals surface area contributed by atoms with Crippen LogP contribution in [0.4, 0.5) is 0 Å². The number of aromatic nitrogens is 1. The van der Waals surface area contributed by atoms with Crippen LogP contribution in [0.1, 0.15) is 19.3 Å². The minimum Gasteiger partial charge on any atom is -0.478 e. The predicted octanol–water partition coefficient (Wildman–Crippen LogP) is 1.98. The fourth-order valence-corrected chi connectivity index (χ4v) is 4.22. The quantitative estimate of drug-likeness (QED) is 0.830. The maximum Gasteiger partial charge on any atom is 0.213 e. The molecule has 4 rings (SSSR count). The Morgan fingerprint density at radius 2 is 2.13 bits per heavy atom. The minimum atomic E-state index is 0.428. The maximum atomic E-state index is 6.07. The zero-order valence-electron chi connectivity index (χ0n) is 13.6. The van der Waals surface area contributed by atoms with Gasteiger partial charge >= 0.3 is 0 Å². The largest absolute Gasteiger partial charge is 0.478 e. The van der Waals surface area contributed by atoms with Crippen LogP contribution in [0.15, 0.2) is 24.4 Å². The third-order valence-electron chi connectivity index (χ3n) is 5.55. The molecule has 4 heterocycles. The monoisotopic (exact) mass is 318 g/mol. The third-order valence-corrected chi connectivity index (χ3v) is 5.55. The van der Waals surface area contributed by atoms with Crippen molar-refractivity contribution in [3.8, 4) is 5.88 Å². The van der Waals surface area contributed by atoms with Crippen molar-refractivity contribution in [1.29, 1.82) is 0 Å². The Morgan fingerprint density at radius 1 is 1.22 bits per heavy atom. The van der Waals surface area contributed by atoms with E-state index in [4.69, 9.17) is 14.2 Å². The van der Waals surface area contributed by atoms with Crippen molar-refractivity contribution in [3.63, 3.8) is 0 Å². The summed E-state index contributed by atoms with van der Waals surface area (Å²) in [5.74, 6) is 2.01. The van der Waals surface area contributed by atoms with Gasteiger partial charge in [0.25, 0.3) is 0 Å². The Labute approximate surface area is 137 Å². The van der Waals surface area contributed by atoms with Gasteiger partial charge in [0, 0.05) is 50.5 Å². The highest BCUT2D eigenvalue weighted by Crippen LogP contribution is 2.37. The highest BCUT2D eigenvalue weighted by Gasteiger charge is 2.45. The molecule has 3 aliphatic heterocycles. The van der Waals surface area contributed by atoms with E-state index in [-0.39, 0.29) is 0 Å². The van der Waals surface area contributed by atoms with Crippen LogP contribution in [-0.2, 0) is 9.47 Å². The molecule has 0 aliphatic carbocycles. The van der Waals surface area contributed by atoms with Gasteiger partial charge in [-0.2, -0.15) is 0 Å². The number of ether oxygens (including phenoxy) is 3. The number of likely N-dealkylation sites (tertiary alicyclic amines) is 1. The van der Waals surface area contributed by atoms with E-state index in [1.807, 2.05) is 18.2 Å². The van der Waals surface area contributed by atoms with Crippen LogP contribution in [0.5, 0.6) is 5.88 Å². The maximum absolute atomic E-state index is 6.07. The lowest BCUT2D eigenvalue weighted by Gasteiger charge is -2.31. The second-order valence-electron chi connectivity index (χ2n) is 6.90.